The van der Waals surface area contributed by atoms with Crippen LogP contribution in [-0.4, -0.2) is 61.5 Å². The highest BCUT2D eigenvalue weighted by molar-refractivity contribution is 5.95. The van der Waals surface area contributed by atoms with Crippen LogP contribution in [0.1, 0.15) is 38.2 Å². The second-order valence-electron chi connectivity index (χ2n) is 7.44. The van der Waals surface area contributed by atoms with E-state index < -0.39 is 0 Å². The number of hydrogen-bond acceptors (Lipinski definition) is 3. The van der Waals surface area contributed by atoms with E-state index in [1.165, 1.54) is 18.4 Å². The molecule has 3 rings (SSSR count). The zero-order chi connectivity index (χ0) is 18.2. The number of piperazine rings is 1. The molecule has 0 atom stereocenters. The van der Waals surface area contributed by atoms with Crippen LogP contribution in [0.25, 0.3) is 0 Å². The maximum atomic E-state index is 12.8. The molecule has 0 radical (unpaired) electrons. The summed E-state index contributed by atoms with van der Waals surface area (Å²) in [4.78, 5) is 19.7. The van der Waals surface area contributed by atoms with Gasteiger partial charge in [0.2, 0.25) is 5.91 Å². The van der Waals surface area contributed by atoms with E-state index in [0.717, 1.165) is 64.2 Å². The summed E-state index contributed by atoms with van der Waals surface area (Å²) in [5, 5.41) is 0. The first-order chi connectivity index (χ1) is 12.8. The number of aryl methyl sites for hydroxylation is 1. The van der Waals surface area contributed by atoms with Gasteiger partial charge in [-0.2, -0.15) is 0 Å². The minimum atomic E-state index is 0.257. The first-order valence-corrected chi connectivity index (χ1v) is 10.3. The molecule has 0 N–H and O–H groups in total. The van der Waals surface area contributed by atoms with Crippen LogP contribution in [0.5, 0.6) is 0 Å². The van der Waals surface area contributed by atoms with Crippen LogP contribution in [-0.2, 0) is 11.2 Å². The van der Waals surface area contributed by atoms with Crippen molar-refractivity contribution in [3.63, 3.8) is 0 Å². The van der Waals surface area contributed by atoms with Crippen molar-refractivity contribution in [2.24, 2.45) is 0 Å². The van der Waals surface area contributed by atoms with Crippen molar-refractivity contribution < 1.29 is 4.79 Å². The van der Waals surface area contributed by atoms with Gasteiger partial charge in [-0.15, -0.1) is 0 Å². The minimum absolute atomic E-state index is 0.257. The van der Waals surface area contributed by atoms with Gasteiger partial charge in [-0.3, -0.25) is 9.69 Å². The molecule has 1 amide bonds. The lowest BCUT2D eigenvalue weighted by molar-refractivity contribution is -0.120. The lowest BCUT2D eigenvalue weighted by Crippen LogP contribution is -2.50. The van der Waals surface area contributed by atoms with Crippen LogP contribution in [0.15, 0.2) is 36.4 Å². The van der Waals surface area contributed by atoms with Gasteiger partial charge in [-0.1, -0.05) is 43.7 Å². The Morgan fingerprint density at radius 2 is 1.73 bits per heavy atom. The number of allylic oxidation sites excluding steroid dienone is 1. The van der Waals surface area contributed by atoms with Crippen molar-refractivity contribution in [3.05, 3.63) is 42.0 Å². The molecule has 2 aliphatic heterocycles. The first-order valence-electron chi connectivity index (χ1n) is 10.3. The number of amides is 1. The Balaban J connectivity index is 1.43. The maximum Gasteiger partial charge on any atom is 0.241 e. The highest BCUT2D eigenvalue weighted by Gasteiger charge is 2.25. The number of nitrogens with zero attached hydrogens (tertiary/aromatic N) is 3. The fourth-order valence-electron chi connectivity index (χ4n) is 3.90. The normalized spacial score (nSPS) is 19.0. The van der Waals surface area contributed by atoms with E-state index in [-0.39, 0.29) is 5.91 Å². The summed E-state index contributed by atoms with van der Waals surface area (Å²) in [6, 6.07) is 8.36. The second kappa shape index (κ2) is 9.89. The zero-order valence-electron chi connectivity index (χ0n) is 16.2. The van der Waals surface area contributed by atoms with Crippen LogP contribution < -0.4 is 4.90 Å². The SMILES string of the molecule is CCC/C=C/CCN1CCN(CC(=O)N2CCCc3ccccc32)CC1. The Kier molecular flexibility index (Phi) is 7.27. The molecule has 4 nitrogen and oxygen atoms in total. The standard InChI is InChI=1S/C22H33N3O/c1-2-3-4-5-8-13-23-15-17-24(18-16-23)19-22(26)25-14-9-11-20-10-6-7-12-21(20)25/h4-7,10,12H,2-3,8-9,11,13-19H2,1H3/b5-4+. The lowest BCUT2D eigenvalue weighted by atomic mass is 10.0. The van der Waals surface area contributed by atoms with Crippen LogP contribution in [0.2, 0.25) is 0 Å². The van der Waals surface area contributed by atoms with Crippen LogP contribution >= 0.6 is 0 Å². The van der Waals surface area contributed by atoms with Crippen LogP contribution in [0.4, 0.5) is 5.69 Å². The van der Waals surface area contributed by atoms with Crippen molar-refractivity contribution in [1.82, 2.24) is 9.80 Å². The molecule has 26 heavy (non-hydrogen) atoms. The number of carbonyl (C=O) groups excluding carboxylic acids is 1. The number of carbonyl (C=O) groups is 1. The monoisotopic (exact) mass is 355 g/mol. The summed E-state index contributed by atoms with van der Waals surface area (Å²) >= 11 is 0. The van der Waals surface area contributed by atoms with Gasteiger partial charge in [0.1, 0.15) is 0 Å². The van der Waals surface area contributed by atoms with E-state index in [4.69, 9.17) is 0 Å². The van der Waals surface area contributed by atoms with E-state index in [2.05, 4.69) is 47.1 Å². The van der Waals surface area contributed by atoms with Gasteiger partial charge < -0.3 is 9.80 Å². The summed E-state index contributed by atoms with van der Waals surface area (Å²) in [6.45, 7) is 8.92. The molecule has 1 aromatic rings. The lowest BCUT2D eigenvalue weighted by Gasteiger charge is -2.36. The molecule has 1 saturated heterocycles. The third-order valence-electron chi connectivity index (χ3n) is 5.47. The van der Waals surface area contributed by atoms with Gasteiger partial charge in [-0.25, -0.2) is 0 Å². The molecule has 4 heteroatoms. The van der Waals surface area contributed by atoms with Gasteiger partial charge in [0.25, 0.3) is 0 Å². The first kappa shape index (κ1) is 19.1. The average Bonchev–Trinajstić information content (AvgIpc) is 2.68. The Bertz CT molecular complexity index is 605. The molecule has 0 unspecified atom stereocenters. The minimum Gasteiger partial charge on any atom is -0.311 e. The predicted octanol–water partition coefficient (Wildman–Crippen LogP) is 3.33. The maximum absolute atomic E-state index is 12.8. The Morgan fingerprint density at radius 3 is 2.54 bits per heavy atom. The molecular formula is C22H33N3O. The molecule has 0 saturated carbocycles. The zero-order valence-corrected chi connectivity index (χ0v) is 16.2. The van der Waals surface area contributed by atoms with Gasteiger partial charge in [0, 0.05) is 45.0 Å². The molecule has 0 bridgehead atoms. The summed E-state index contributed by atoms with van der Waals surface area (Å²) in [5.41, 5.74) is 2.44. The van der Waals surface area contributed by atoms with Gasteiger partial charge in [-0.05, 0) is 37.3 Å². The van der Waals surface area contributed by atoms with Crippen molar-refractivity contribution in [2.45, 2.75) is 39.0 Å². The largest absolute Gasteiger partial charge is 0.311 e. The second-order valence-corrected chi connectivity index (χ2v) is 7.44. The van der Waals surface area contributed by atoms with E-state index >= 15 is 0 Å². The van der Waals surface area contributed by atoms with Crippen molar-refractivity contribution in [3.8, 4) is 0 Å². The summed E-state index contributed by atoms with van der Waals surface area (Å²) in [6.07, 6.45) is 10.3. The van der Waals surface area contributed by atoms with Crippen molar-refractivity contribution >= 4 is 11.6 Å². The van der Waals surface area contributed by atoms with Gasteiger partial charge in [0.05, 0.1) is 6.54 Å². The highest BCUT2D eigenvalue weighted by Crippen LogP contribution is 2.26. The highest BCUT2D eigenvalue weighted by atomic mass is 16.2. The number of unbranched alkanes of at least 4 members (excludes halogenated alkanes) is 1. The topological polar surface area (TPSA) is 26.8 Å². The van der Waals surface area contributed by atoms with Crippen molar-refractivity contribution in [1.29, 1.82) is 0 Å². The predicted molar refractivity (Wildman–Crippen MR) is 109 cm³/mol. The Hall–Kier alpha value is -1.65. The summed E-state index contributed by atoms with van der Waals surface area (Å²) < 4.78 is 0. The Labute approximate surface area is 158 Å². The summed E-state index contributed by atoms with van der Waals surface area (Å²) in [5.74, 6) is 0.257. The van der Waals surface area contributed by atoms with E-state index in [0.29, 0.717) is 6.54 Å². The van der Waals surface area contributed by atoms with Gasteiger partial charge in [0.15, 0.2) is 0 Å². The fourth-order valence-corrected chi connectivity index (χ4v) is 3.90. The van der Waals surface area contributed by atoms with Crippen LogP contribution in [0, 0.1) is 0 Å². The van der Waals surface area contributed by atoms with Gasteiger partial charge >= 0.3 is 0 Å². The molecular weight excluding hydrogens is 322 g/mol. The fraction of sp³-hybridized carbons (Fsp3) is 0.591. The van der Waals surface area contributed by atoms with Crippen LogP contribution in [0.3, 0.4) is 0 Å². The summed E-state index contributed by atoms with van der Waals surface area (Å²) in [7, 11) is 0. The quantitative estimate of drug-likeness (QED) is 0.702. The number of anilines is 1. The number of benzene rings is 1. The smallest absolute Gasteiger partial charge is 0.241 e. The number of rotatable bonds is 7. The number of para-hydroxylation sites is 1. The molecule has 1 fully saturated rings. The van der Waals surface area contributed by atoms with Crippen molar-refractivity contribution in [2.75, 3.05) is 50.7 Å². The molecule has 0 aromatic heterocycles. The molecule has 0 aliphatic carbocycles. The molecule has 2 heterocycles. The molecule has 142 valence electrons. The molecule has 0 spiro atoms. The molecule has 2 aliphatic rings. The van der Waals surface area contributed by atoms with E-state index in [9.17, 15) is 4.79 Å². The number of hydrogen-bond donors (Lipinski definition) is 0. The van der Waals surface area contributed by atoms with E-state index in [1.54, 1.807) is 0 Å². The van der Waals surface area contributed by atoms with E-state index in [1.807, 2.05) is 11.0 Å². The Morgan fingerprint density at radius 1 is 1.00 bits per heavy atom. The number of fused-ring (bicyclic) bond motifs is 1. The molecule has 1 aromatic carbocycles. The average molecular weight is 356 g/mol. The third kappa shape index (κ3) is 5.18. The third-order valence-corrected chi connectivity index (χ3v) is 5.47.